The van der Waals surface area contributed by atoms with Crippen molar-refractivity contribution >= 4 is 10.8 Å². The Bertz CT molecular complexity index is 674. The van der Waals surface area contributed by atoms with Crippen molar-refractivity contribution in [3.05, 3.63) is 39.5 Å². The Kier molecular flexibility index (Phi) is 2.42. The van der Waals surface area contributed by atoms with E-state index in [4.69, 9.17) is 0 Å². The largest absolute Gasteiger partial charge is 0.504 e. The van der Waals surface area contributed by atoms with E-state index in [-0.39, 0.29) is 11.1 Å². The third-order valence-electron chi connectivity index (χ3n) is 2.70. The molecule has 88 valence electrons. The summed E-state index contributed by atoms with van der Waals surface area (Å²) in [7, 11) is 0. The number of benzene rings is 1. The van der Waals surface area contributed by atoms with Crippen LogP contribution in [-0.2, 0) is 0 Å². The Balaban J connectivity index is 3.16. The van der Waals surface area contributed by atoms with Gasteiger partial charge in [-0.1, -0.05) is 6.07 Å². The molecule has 0 saturated heterocycles. The summed E-state index contributed by atoms with van der Waals surface area (Å²) in [5, 5.41) is 29.3. The predicted octanol–water partition coefficient (Wildman–Crippen LogP) is 1.93. The van der Waals surface area contributed by atoms with Crippen LogP contribution in [0.2, 0.25) is 0 Å². The summed E-state index contributed by atoms with van der Waals surface area (Å²) in [5.74, 6) is -1.27. The highest BCUT2D eigenvalue weighted by Gasteiger charge is 2.13. The second kappa shape index (κ2) is 3.66. The van der Waals surface area contributed by atoms with Gasteiger partial charge >= 0.3 is 0 Å². The lowest BCUT2D eigenvalue weighted by molar-refractivity contribution is 0.405. The molecule has 0 aliphatic heterocycles. The molecule has 0 unspecified atom stereocenters. The predicted molar refractivity (Wildman–Crippen MR) is 64.7 cm³/mol. The van der Waals surface area contributed by atoms with Gasteiger partial charge in [0.15, 0.2) is 17.2 Å². The summed E-state index contributed by atoms with van der Waals surface area (Å²) in [5.41, 5.74) is 0.472. The monoisotopic (exact) mass is 232 g/mol. The molecule has 0 bridgehead atoms. The lowest BCUT2D eigenvalue weighted by Crippen LogP contribution is -1.97. The molecule has 0 aliphatic carbocycles. The third kappa shape index (κ3) is 1.67. The first-order chi connectivity index (χ1) is 7.91. The van der Waals surface area contributed by atoms with Gasteiger partial charge in [0.2, 0.25) is 5.43 Å². The molecule has 2 aromatic carbocycles. The number of rotatable bonds is 0. The van der Waals surface area contributed by atoms with E-state index in [9.17, 15) is 20.1 Å². The number of fused-ring (bicyclic) bond motifs is 1. The summed E-state index contributed by atoms with van der Waals surface area (Å²) < 4.78 is 0. The molecular formula is C13H12O4. The Morgan fingerprint density at radius 2 is 1.59 bits per heavy atom. The zero-order chi connectivity index (χ0) is 12.7. The Morgan fingerprint density at radius 3 is 2.24 bits per heavy atom. The quantitative estimate of drug-likeness (QED) is 0.606. The minimum absolute atomic E-state index is 0.0706. The van der Waals surface area contributed by atoms with Crippen molar-refractivity contribution in [1.82, 2.24) is 0 Å². The molecule has 2 rings (SSSR count). The molecule has 0 aromatic heterocycles. The van der Waals surface area contributed by atoms with Crippen molar-refractivity contribution in [3.8, 4) is 17.2 Å². The van der Waals surface area contributed by atoms with Gasteiger partial charge in [-0.25, -0.2) is 0 Å². The van der Waals surface area contributed by atoms with Crippen molar-refractivity contribution < 1.29 is 15.3 Å². The maximum Gasteiger partial charge on any atom is 0.231 e. The highest BCUT2D eigenvalue weighted by Crippen LogP contribution is 2.35. The summed E-state index contributed by atoms with van der Waals surface area (Å²) in [6.45, 7) is 3.36. The number of aromatic hydroxyl groups is 3. The van der Waals surface area contributed by atoms with Crippen LogP contribution in [-0.4, -0.2) is 15.3 Å². The minimum Gasteiger partial charge on any atom is -0.504 e. The maximum absolute atomic E-state index is 11.8. The van der Waals surface area contributed by atoms with Crippen LogP contribution in [0.1, 0.15) is 11.1 Å². The third-order valence-corrected chi connectivity index (χ3v) is 2.70. The zero-order valence-corrected chi connectivity index (χ0v) is 9.48. The SMILES string of the molecule is Cc1cc(O)c(=O)c2c(O)c(O)c(C)cc2c1. The summed E-state index contributed by atoms with van der Waals surface area (Å²) in [6.07, 6.45) is 0. The van der Waals surface area contributed by atoms with Gasteiger partial charge in [-0.2, -0.15) is 0 Å². The Labute approximate surface area is 97.4 Å². The normalized spacial score (nSPS) is 10.7. The molecule has 0 fully saturated rings. The molecule has 0 heterocycles. The van der Waals surface area contributed by atoms with E-state index in [0.29, 0.717) is 16.5 Å². The van der Waals surface area contributed by atoms with Gasteiger partial charge in [0.25, 0.3) is 0 Å². The highest BCUT2D eigenvalue weighted by atomic mass is 16.3. The van der Waals surface area contributed by atoms with E-state index in [2.05, 4.69) is 0 Å². The van der Waals surface area contributed by atoms with Gasteiger partial charge in [0, 0.05) is 0 Å². The lowest BCUT2D eigenvalue weighted by Gasteiger charge is -2.03. The molecule has 0 amide bonds. The van der Waals surface area contributed by atoms with Crippen LogP contribution in [0.3, 0.4) is 0 Å². The molecule has 0 atom stereocenters. The maximum atomic E-state index is 11.8. The second-order valence-corrected chi connectivity index (χ2v) is 4.10. The number of aryl methyl sites for hydroxylation is 2. The van der Waals surface area contributed by atoms with E-state index in [1.165, 1.54) is 6.07 Å². The summed E-state index contributed by atoms with van der Waals surface area (Å²) in [6, 6.07) is 4.59. The van der Waals surface area contributed by atoms with Gasteiger partial charge in [-0.05, 0) is 42.5 Å². The fraction of sp³-hybridized carbons (Fsp3) is 0.154. The minimum atomic E-state index is -0.694. The van der Waals surface area contributed by atoms with Crippen molar-refractivity contribution in [2.45, 2.75) is 13.8 Å². The van der Waals surface area contributed by atoms with Crippen LogP contribution in [0.15, 0.2) is 23.0 Å². The van der Waals surface area contributed by atoms with Gasteiger partial charge < -0.3 is 15.3 Å². The molecule has 17 heavy (non-hydrogen) atoms. The van der Waals surface area contributed by atoms with Gasteiger partial charge in [0.05, 0.1) is 5.39 Å². The highest BCUT2D eigenvalue weighted by molar-refractivity contribution is 5.91. The number of phenolic OH excluding ortho intramolecular Hbond substituents is 2. The summed E-state index contributed by atoms with van der Waals surface area (Å²) >= 11 is 0. The van der Waals surface area contributed by atoms with Crippen LogP contribution in [0.5, 0.6) is 17.2 Å². The van der Waals surface area contributed by atoms with Crippen LogP contribution in [0, 0.1) is 13.8 Å². The fourth-order valence-corrected chi connectivity index (χ4v) is 1.86. The van der Waals surface area contributed by atoms with E-state index < -0.39 is 16.9 Å². The first kappa shape index (κ1) is 11.3. The van der Waals surface area contributed by atoms with E-state index in [1.54, 1.807) is 26.0 Å². The first-order valence-corrected chi connectivity index (χ1v) is 5.11. The molecule has 4 nitrogen and oxygen atoms in total. The topological polar surface area (TPSA) is 77.8 Å². The molecule has 0 aliphatic rings. The van der Waals surface area contributed by atoms with Gasteiger partial charge in [0.1, 0.15) is 0 Å². The first-order valence-electron chi connectivity index (χ1n) is 5.11. The molecule has 3 N–H and O–H groups in total. The Morgan fingerprint density at radius 1 is 0.941 bits per heavy atom. The van der Waals surface area contributed by atoms with Crippen LogP contribution in [0.25, 0.3) is 10.8 Å². The van der Waals surface area contributed by atoms with Crippen LogP contribution >= 0.6 is 0 Å². The van der Waals surface area contributed by atoms with Gasteiger partial charge in [-0.3, -0.25) is 4.79 Å². The summed E-state index contributed by atoms with van der Waals surface area (Å²) in [4.78, 5) is 11.8. The zero-order valence-electron chi connectivity index (χ0n) is 9.48. The van der Waals surface area contributed by atoms with Crippen LogP contribution < -0.4 is 5.43 Å². The van der Waals surface area contributed by atoms with E-state index in [1.807, 2.05) is 0 Å². The van der Waals surface area contributed by atoms with Crippen molar-refractivity contribution in [3.63, 3.8) is 0 Å². The fourth-order valence-electron chi connectivity index (χ4n) is 1.86. The number of hydrogen-bond donors (Lipinski definition) is 3. The molecule has 0 radical (unpaired) electrons. The van der Waals surface area contributed by atoms with E-state index >= 15 is 0 Å². The lowest BCUT2D eigenvalue weighted by atomic mass is 10.1. The standard InChI is InChI=1S/C13H12O4/c1-6-3-8-5-7(2)11(15)13(17)10(8)12(16)9(14)4-6/h3-5,15,17H,1-2H3,(H,14,16). The smallest absolute Gasteiger partial charge is 0.231 e. The molecule has 2 aromatic rings. The Hall–Kier alpha value is -2.23. The number of hydrogen-bond acceptors (Lipinski definition) is 4. The van der Waals surface area contributed by atoms with Gasteiger partial charge in [-0.15, -0.1) is 0 Å². The molecule has 4 heteroatoms. The van der Waals surface area contributed by atoms with Crippen molar-refractivity contribution in [2.75, 3.05) is 0 Å². The van der Waals surface area contributed by atoms with E-state index in [0.717, 1.165) is 0 Å². The van der Waals surface area contributed by atoms with Crippen molar-refractivity contribution in [2.24, 2.45) is 0 Å². The average molecular weight is 232 g/mol. The molecule has 0 spiro atoms. The molecule has 0 saturated carbocycles. The van der Waals surface area contributed by atoms with Crippen molar-refractivity contribution in [1.29, 1.82) is 0 Å². The average Bonchev–Trinajstić information content (AvgIpc) is 2.34. The van der Waals surface area contributed by atoms with Crippen LogP contribution in [0.4, 0.5) is 0 Å². The second-order valence-electron chi connectivity index (χ2n) is 4.10. The number of phenols is 2. The molecular weight excluding hydrogens is 220 g/mol.